The number of hydrogen-bond acceptors (Lipinski definition) is 5. The zero-order valence-electron chi connectivity index (χ0n) is 8.77. The number of amides is 1. The molecule has 0 aliphatic carbocycles. The molecule has 0 radical (unpaired) electrons. The van der Waals surface area contributed by atoms with Crippen molar-refractivity contribution >= 4 is 11.9 Å². The fraction of sp³-hybridized carbons (Fsp3) is 0.500. The van der Waals surface area contributed by atoms with E-state index < -0.39 is 11.9 Å². The lowest BCUT2D eigenvalue weighted by molar-refractivity contribution is -0.157. The van der Waals surface area contributed by atoms with Gasteiger partial charge in [-0.05, 0) is 6.92 Å². The molecule has 7 heteroatoms. The first-order valence-corrected chi connectivity index (χ1v) is 4.26. The van der Waals surface area contributed by atoms with Crippen LogP contribution >= 0.6 is 0 Å². The number of aromatic nitrogens is 3. The maximum atomic E-state index is 11.3. The Hall–Kier alpha value is -1.92. The summed E-state index contributed by atoms with van der Waals surface area (Å²) in [6, 6.07) is 0. The quantitative estimate of drug-likeness (QED) is 0.514. The Bertz CT molecular complexity index is 374. The van der Waals surface area contributed by atoms with Crippen LogP contribution in [-0.4, -0.2) is 46.1 Å². The molecule has 0 aliphatic rings. The highest BCUT2D eigenvalue weighted by Crippen LogP contribution is 1.97. The molecule has 0 aliphatic heterocycles. The maximum Gasteiger partial charge on any atom is 0.396 e. The number of methoxy groups -OCH3 is 1. The van der Waals surface area contributed by atoms with Crippen molar-refractivity contribution in [1.82, 2.24) is 20.1 Å². The molecule has 0 saturated carbocycles. The minimum atomic E-state index is -0.898. The van der Waals surface area contributed by atoms with Crippen LogP contribution in [0.1, 0.15) is 11.6 Å². The van der Waals surface area contributed by atoms with Crippen LogP contribution in [0.2, 0.25) is 0 Å². The van der Waals surface area contributed by atoms with Gasteiger partial charge < -0.3 is 9.64 Å². The third kappa shape index (κ3) is 2.76. The first-order chi connectivity index (χ1) is 7.04. The molecule has 0 bridgehead atoms. The topological polar surface area (TPSA) is 88.2 Å². The number of aryl methyl sites for hydroxylation is 1. The summed E-state index contributed by atoms with van der Waals surface area (Å²) in [5.41, 5.74) is 0. The van der Waals surface area contributed by atoms with Gasteiger partial charge in [-0.1, -0.05) is 0 Å². The molecule has 0 saturated heterocycles. The van der Waals surface area contributed by atoms with Gasteiger partial charge in [-0.25, -0.2) is 9.78 Å². The van der Waals surface area contributed by atoms with E-state index >= 15 is 0 Å². The Balaban J connectivity index is 2.59. The minimum Gasteiger partial charge on any atom is -0.462 e. The Morgan fingerprint density at radius 1 is 1.53 bits per heavy atom. The van der Waals surface area contributed by atoms with Crippen LogP contribution in [0.5, 0.6) is 0 Å². The van der Waals surface area contributed by atoms with Gasteiger partial charge in [0.25, 0.3) is 0 Å². The van der Waals surface area contributed by atoms with Gasteiger partial charge in [0.2, 0.25) is 0 Å². The summed E-state index contributed by atoms with van der Waals surface area (Å²) in [6.07, 6.45) is 0. The molecule has 0 unspecified atom stereocenters. The molecular formula is C8H12N4O3. The first kappa shape index (κ1) is 11.2. The highest BCUT2D eigenvalue weighted by Gasteiger charge is 2.20. The van der Waals surface area contributed by atoms with Crippen LogP contribution in [-0.2, 0) is 20.9 Å². The van der Waals surface area contributed by atoms with Crippen molar-refractivity contribution in [2.45, 2.75) is 13.5 Å². The van der Waals surface area contributed by atoms with Crippen molar-refractivity contribution in [3.8, 4) is 0 Å². The molecule has 1 amide bonds. The molecule has 0 aromatic carbocycles. The van der Waals surface area contributed by atoms with E-state index in [1.165, 1.54) is 11.9 Å². The average Bonchev–Trinajstić information content (AvgIpc) is 2.61. The number of carbonyl (C=O) groups excluding carboxylic acids is 2. The summed E-state index contributed by atoms with van der Waals surface area (Å²) in [7, 11) is 2.63. The Morgan fingerprint density at radius 3 is 2.67 bits per heavy atom. The lowest BCUT2D eigenvalue weighted by Crippen LogP contribution is -2.33. The van der Waals surface area contributed by atoms with E-state index in [0.29, 0.717) is 11.6 Å². The Kier molecular flexibility index (Phi) is 3.37. The molecule has 7 nitrogen and oxygen atoms in total. The van der Waals surface area contributed by atoms with Crippen LogP contribution in [0.15, 0.2) is 0 Å². The van der Waals surface area contributed by atoms with Crippen molar-refractivity contribution in [1.29, 1.82) is 0 Å². The number of esters is 1. The first-order valence-electron chi connectivity index (χ1n) is 4.26. The van der Waals surface area contributed by atoms with Gasteiger partial charge in [0.1, 0.15) is 5.82 Å². The largest absolute Gasteiger partial charge is 0.462 e. The van der Waals surface area contributed by atoms with E-state index in [1.807, 2.05) is 0 Å². The molecule has 1 N–H and O–H groups in total. The second kappa shape index (κ2) is 4.54. The molecule has 82 valence electrons. The van der Waals surface area contributed by atoms with E-state index in [9.17, 15) is 9.59 Å². The van der Waals surface area contributed by atoms with E-state index in [2.05, 4.69) is 19.9 Å². The SMILES string of the molecule is COC(=O)C(=O)N(C)Cc1n[nH]c(C)n1. The number of aromatic amines is 1. The summed E-state index contributed by atoms with van der Waals surface area (Å²) in [4.78, 5) is 27.4. The second-order valence-corrected chi connectivity index (χ2v) is 2.99. The number of likely N-dealkylation sites (N-methyl/N-ethyl adjacent to an activating group) is 1. The van der Waals surface area contributed by atoms with Gasteiger partial charge in [-0.15, -0.1) is 0 Å². The minimum absolute atomic E-state index is 0.165. The zero-order valence-corrected chi connectivity index (χ0v) is 8.77. The van der Waals surface area contributed by atoms with E-state index in [1.54, 1.807) is 6.92 Å². The van der Waals surface area contributed by atoms with E-state index in [-0.39, 0.29) is 6.54 Å². The lowest BCUT2D eigenvalue weighted by Gasteiger charge is -2.12. The maximum absolute atomic E-state index is 11.3. The van der Waals surface area contributed by atoms with Crippen LogP contribution < -0.4 is 0 Å². The van der Waals surface area contributed by atoms with Crippen LogP contribution in [0.4, 0.5) is 0 Å². The third-order valence-electron chi connectivity index (χ3n) is 1.73. The highest BCUT2D eigenvalue weighted by atomic mass is 16.5. The Labute approximate surface area is 86.4 Å². The molecule has 1 aromatic heterocycles. The standard InChI is InChI=1S/C8H12N4O3/c1-5-9-6(11-10-5)4-12(2)7(13)8(14)15-3/h4H2,1-3H3,(H,9,10,11). The summed E-state index contributed by atoms with van der Waals surface area (Å²) < 4.78 is 4.30. The van der Waals surface area contributed by atoms with Crippen LogP contribution in [0.3, 0.4) is 0 Å². The number of H-pyrrole nitrogens is 1. The van der Waals surface area contributed by atoms with Gasteiger partial charge >= 0.3 is 11.9 Å². The van der Waals surface area contributed by atoms with Crippen molar-refractivity contribution in [2.75, 3.05) is 14.2 Å². The monoisotopic (exact) mass is 212 g/mol. The third-order valence-corrected chi connectivity index (χ3v) is 1.73. The molecule has 0 spiro atoms. The number of hydrogen-bond donors (Lipinski definition) is 1. The number of carbonyl (C=O) groups is 2. The summed E-state index contributed by atoms with van der Waals surface area (Å²) >= 11 is 0. The molecule has 1 aromatic rings. The van der Waals surface area contributed by atoms with E-state index in [0.717, 1.165) is 7.11 Å². The van der Waals surface area contributed by atoms with Crippen molar-refractivity contribution in [2.24, 2.45) is 0 Å². The predicted molar refractivity (Wildman–Crippen MR) is 49.6 cm³/mol. The summed E-state index contributed by atoms with van der Waals surface area (Å²) in [5.74, 6) is -0.513. The second-order valence-electron chi connectivity index (χ2n) is 2.99. The Morgan fingerprint density at radius 2 is 2.20 bits per heavy atom. The van der Waals surface area contributed by atoms with Crippen LogP contribution in [0.25, 0.3) is 0 Å². The lowest BCUT2D eigenvalue weighted by atomic mass is 10.4. The predicted octanol–water partition coefficient (Wildman–Crippen LogP) is -0.755. The van der Waals surface area contributed by atoms with Gasteiger partial charge in [-0.3, -0.25) is 9.89 Å². The van der Waals surface area contributed by atoms with Gasteiger partial charge in [0.15, 0.2) is 5.82 Å². The average molecular weight is 212 g/mol. The van der Waals surface area contributed by atoms with Gasteiger partial charge in [0.05, 0.1) is 13.7 Å². The fourth-order valence-electron chi connectivity index (χ4n) is 0.987. The molecular weight excluding hydrogens is 200 g/mol. The summed E-state index contributed by atoms with van der Waals surface area (Å²) in [5, 5.41) is 6.48. The van der Waals surface area contributed by atoms with Crippen LogP contribution in [0, 0.1) is 6.92 Å². The summed E-state index contributed by atoms with van der Waals surface area (Å²) in [6.45, 7) is 1.91. The number of nitrogens with zero attached hydrogens (tertiary/aromatic N) is 3. The molecule has 0 fully saturated rings. The van der Waals surface area contributed by atoms with Crippen molar-refractivity contribution < 1.29 is 14.3 Å². The number of rotatable bonds is 2. The smallest absolute Gasteiger partial charge is 0.396 e. The van der Waals surface area contributed by atoms with Crippen molar-refractivity contribution in [3.63, 3.8) is 0 Å². The van der Waals surface area contributed by atoms with Crippen molar-refractivity contribution in [3.05, 3.63) is 11.6 Å². The fourth-order valence-corrected chi connectivity index (χ4v) is 0.987. The molecule has 1 rings (SSSR count). The van der Waals surface area contributed by atoms with E-state index in [4.69, 9.17) is 0 Å². The van der Waals surface area contributed by atoms with Gasteiger partial charge in [-0.2, -0.15) is 5.10 Å². The zero-order chi connectivity index (χ0) is 11.4. The molecule has 1 heterocycles. The number of ether oxygens (including phenoxy) is 1. The van der Waals surface area contributed by atoms with Gasteiger partial charge in [0, 0.05) is 7.05 Å². The molecule has 0 atom stereocenters. The number of nitrogens with one attached hydrogen (secondary N) is 1. The normalized spacial score (nSPS) is 9.80. The highest BCUT2D eigenvalue weighted by molar-refractivity contribution is 6.32. The molecule has 15 heavy (non-hydrogen) atoms.